The van der Waals surface area contributed by atoms with Crippen LogP contribution in [0.2, 0.25) is 0 Å². The van der Waals surface area contributed by atoms with Gasteiger partial charge in [0, 0.05) is 18.0 Å². The van der Waals surface area contributed by atoms with Gasteiger partial charge < -0.3 is 5.11 Å². The predicted molar refractivity (Wildman–Crippen MR) is 76.3 cm³/mol. The topological polar surface area (TPSA) is 53.4 Å². The van der Waals surface area contributed by atoms with E-state index in [0.717, 1.165) is 44.5 Å². The number of likely N-dealkylation sites (tertiary alicyclic amines) is 1. The van der Waals surface area contributed by atoms with Crippen LogP contribution in [0, 0.1) is 12.3 Å². The van der Waals surface area contributed by atoms with Crippen molar-refractivity contribution >= 4 is 17.3 Å². The Kier molecular flexibility index (Phi) is 4.58. The van der Waals surface area contributed by atoms with Gasteiger partial charge in [0.15, 0.2) is 0 Å². The Morgan fingerprint density at radius 3 is 3.00 bits per heavy atom. The van der Waals surface area contributed by atoms with Crippen LogP contribution in [-0.2, 0) is 11.3 Å². The van der Waals surface area contributed by atoms with Gasteiger partial charge in [0.05, 0.1) is 16.6 Å². The first-order valence-corrected chi connectivity index (χ1v) is 7.80. The Morgan fingerprint density at radius 2 is 2.42 bits per heavy atom. The zero-order chi connectivity index (χ0) is 13.9. The van der Waals surface area contributed by atoms with E-state index in [-0.39, 0.29) is 0 Å². The molecule has 1 unspecified atom stereocenters. The molecule has 1 fully saturated rings. The first kappa shape index (κ1) is 14.5. The molecule has 4 nitrogen and oxygen atoms in total. The molecule has 1 aromatic heterocycles. The number of hydrogen-bond acceptors (Lipinski definition) is 4. The fourth-order valence-corrected chi connectivity index (χ4v) is 3.83. The summed E-state index contributed by atoms with van der Waals surface area (Å²) in [7, 11) is 0. The van der Waals surface area contributed by atoms with E-state index in [2.05, 4.69) is 16.8 Å². The number of thiazole rings is 1. The minimum Gasteiger partial charge on any atom is -0.481 e. The number of carboxylic acid groups (broad SMARTS) is 1. The second-order valence-corrected chi connectivity index (χ2v) is 6.45. The molecule has 5 heteroatoms. The maximum Gasteiger partial charge on any atom is 0.310 e. The van der Waals surface area contributed by atoms with E-state index >= 15 is 0 Å². The lowest BCUT2D eigenvalue weighted by Crippen LogP contribution is -2.47. The zero-order valence-corrected chi connectivity index (χ0v) is 12.5. The number of nitrogens with zero attached hydrogens (tertiary/aromatic N) is 2. The van der Waals surface area contributed by atoms with E-state index in [4.69, 9.17) is 0 Å². The maximum atomic E-state index is 11.6. The van der Waals surface area contributed by atoms with E-state index < -0.39 is 11.4 Å². The lowest BCUT2D eigenvalue weighted by atomic mass is 9.76. The van der Waals surface area contributed by atoms with Gasteiger partial charge in [-0.1, -0.05) is 13.3 Å². The fourth-order valence-electron chi connectivity index (χ4n) is 3.01. The summed E-state index contributed by atoms with van der Waals surface area (Å²) in [4.78, 5) is 19.5. The van der Waals surface area contributed by atoms with Gasteiger partial charge in [-0.15, -0.1) is 11.3 Å². The van der Waals surface area contributed by atoms with Crippen LogP contribution in [0.4, 0.5) is 0 Å². The highest BCUT2D eigenvalue weighted by atomic mass is 32.1. The molecule has 0 radical (unpaired) electrons. The first-order valence-electron chi connectivity index (χ1n) is 6.92. The first-order chi connectivity index (χ1) is 9.07. The summed E-state index contributed by atoms with van der Waals surface area (Å²) in [6.07, 6.45) is 3.50. The van der Waals surface area contributed by atoms with Crippen LogP contribution < -0.4 is 0 Å². The van der Waals surface area contributed by atoms with E-state index in [9.17, 15) is 9.90 Å². The Hall–Kier alpha value is -0.940. The Bertz CT molecular complexity index is 442. The molecule has 0 bridgehead atoms. The van der Waals surface area contributed by atoms with Crippen LogP contribution in [0.5, 0.6) is 0 Å². The SMILES string of the molecule is CCCC1(C(=O)O)CCCN(Cc2scnc2C)C1. The van der Waals surface area contributed by atoms with Crippen LogP contribution in [-0.4, -0.2) is 34.0 Å². The molecule has 1 aliphatic rings. The molecular formula is C14H22N2O2S. The average molecular weight is 282 g/mol. The van der Waals surface area contributed by atoms with Gasteiger partial charge in [-0.3, -0.25) is 9.69 Å². The number of carbonyl (C=O) groups is 1. The molecule has 0 spiro atoms. The van der Waals surface area contributed by atoms with Crippen molar-refractivity contribution in [1.29, 1.82) is 0 Å². The third-order valence-corrected chi connectivity index (χ3v) is 4.97. The lowest BCUT2D eigenvalue weighted by molar-refractivity contribution is -0.153. The summed E-state index contributed by atoms with van der Waals surface area (Å²) < 4.78 is 0. The Balaban J connectivity index is 2.07. The van der Waals surface area contributed by atoms with Crippen molar-refractivity contribution in [2.24, 2.45) is 5.41 Å². The summed E-state index contributed by atoms with van der Waals surface area (Å²) in [5.74, 6) is -0.625. The van der Waals surface area contributed by atoms with Crippen LogP contribution in [0.15, 0.2) is 5.51 Å². The minimum atomic E-state index is -0.625. The van der Waals surface area contributed by atoms with Gasteiger partial charge in [0.2, 0.25) is 0 Å². The molecule has 0 amide bonds. The number of piperidine rings is 1. The number of aliphatic carboxylic acids is 1. The summed E-state index contributed by atoms with van der Waals surface area (Å²) >= 11 is 1.66. The number of aryl methyl sites for hydroxylation is 1. The molecule has 0 aromatic carbocycles. The number of rotatable bonds is 5. The van der Waals surface area contributed by atoms with Gasteiger partial charge in [0.1, 0.15) is 0 Å². The van der Waals surface area contributed by atoms with Gasteiger partial charge in [-0.05, 0) is 32.7 Å². The molecule has 1 atom stereocenters. The number of hydrogen-bond donors (Lipinski definition) is 1. The summed E-state index contributed by atoms with van der Waals surface area (Å²) in [6, 6.07) is 0. The number of carboxylic acids is 1. The van der Waals surface area contributed by atoms with Crippen molar-refractivity contribution in [2.45, 2.75) is 46.1 Å². The third kappa shape index (κ3) is 3.15. The van der Waals surface area contributed by atoms with Crippen molar-refractivity contribution in [3.8, 4) is 0 Å². The van der Waals surface area contributed by atoms with Crippen molar-refractivity contribution in [3.63, 3.8) is 0 Å². The highest BCUT2D eigenvalue weighted by Gasteiger charge is 2.41. The number of aromatic nitrogens is 1. The second kappa shape index (κ2) is 6.01. The smallest absolute Gasteiger partial charge is 0.310 e. The van der Waals surface area contributed by atoms with Gasteiger partial charge in [-0.2, -0.15) is 0 Å². The second-order valence-electron chi connectivity index (χ2n) is 5.51. The van der Waals surface area contributed by atoms with E-state index in [1.165, 1.54) is 4.88 Å². The van der Waals surface area contributed by atoms with Crippen molar-refractivity contribution < 1.29 is 9.90 Å². The maximum absolute atomic E-state index is 11.6. The molecular weight excluding hydrogens is 260 g/mol. The molecule has 2 rings (SSSR count). The van der Waals surface area contributed by atoms with Crippen LogP contribution >= 0.6 is 11.3 Å². The normalized spacial score (nSPS) is 24.5. The Labute approximate surface area is 118 Å². The molecule has 106 valence electrons. The molecule has 1 aromatic rings. The standard InChI is InChI=1S/C14H22N2O2S/c1-3-5-14(13(17)18)6-4-7-16(9-14)8-12-11(2)15-10-19-12/h10H,3-9H2,1-2H3,(H,17,18). The molecule has 2 heterocycles. The minimum absolute atomic E-state index is 0.536. The Morgan fingerprint density at radius 1 is 1.63 bits per heavy atom. The van der Waals surface area contributed by atoms with E-state index in [0.29, 0.717) is 6.54 Å². The van der Waals surface area contributed by atoms with E-state index in [1.807, 2.05) is 12.4 Å². The van der Waals surface area contributed by atoms with Crippen LogP contribution in [0.3, 0.4) is 0 Å². The highest BCUT2D eigenvalue weighted by molar-refractivity contribution is 7.09. The lowest BCUT2D eigenvalue weighted by Gasteiger charge is -2.39. The molecule has 1 saturated heterocycles. The van der Waals surface area contributed by atoms with Gasteiger partial charge in [0.25, 0.3) is 0 Å². The summed E-state index contributed by atoms with van der Waals surface area (Å²) in [5, 5.41) is 9.58. The summed E-state index contributed by atoms with van der Waals surface area (Å²) in [6.45, 7) is 6.60. The summed E-state index contributed by atoms with van der Waals surface area (Å²) in [5.41, 5.74) is 2.41. The van der Waals surface area contributed by atoms with Crippen molar-refractivity contribution in [1.82, 2.24) is 9.88 Å². The quantitative estimate of drug-likeness (QED) is 0.902. The molecule has 0 aliphatic carbocycles. The zero-order valence-electron chi connectivity index (χ0n) is 11.7. The van der Waals surface area contributed by atoms with Crippen LogP contribution in [0.25, 0.3) is 0 Å². The fraction of sp³-hybridized carbons (Fsp3) is 0.714. The van der Waals surface area contributed by atoms with Gasteiger partial charge >= 0.3 is 5.97 Å². The molecule has 1 aliphatic heterocycles. The molecule has 19 heavy (non-hydrogen) atoms. The molecule has 0 saturated carbocycles. The van der Waals surface area contributed by atoms with Crippen LogP contribution in [0.1, 0.15) is 43.2 Å². The monoisotopic (exact) mass is 282 g/mol. The third-order valence-electron chi connectivity index (χ3n) is 4.05. The highest BCUT2D eigenvalue weighted by Crippen LogP contribution is 2.35. The van der Waals surface area contributed by atoms with Crippen molar-refractivity contribution in [2.75, 3.05) is 13.1 Å². The predicted octanol–water partition coefficient (Wildman–Crippen LogP) is 2.92. The molecule has 1 N–H and O–H groups in total. The largest absolute Gasteiger partial charge is 0.481 e. The van der Waals surface area contributed by atoms with Crippen molar-refractivity contribution in [3.05, 3.63) is 16.1 Å². The van der Waals surface area contributed by atoms with Gasteiger partial charge in [-0.25, -0.2) is 4.98 Å². The van der Waals surface area contributed by atoms with E-state index in [1.54, 1.807) is 11.3 Å². The average Bonchev–Trinajstić information content (AvgIpc) is 2.76.